The molecule has 1 aliphatic heterocycles. The molecule has 0 saturated carbocycles. The molecule has 2 amide bonds. The van der Waals surface area contributed by atoms with Crippen LogP contribution in [0.25, 0.3) is 10.9 Å². The van der Waals surface area contributed by atoms with Crippen molar-refractivity contribution in [2.45, 2.75) is 12.8 Å². The Kier molecular flexibility index (Phi) is 2.82. The number of amides is 2. The Labute approximate surface area is 127 Å². The molecule has 4 rings (SSSR count). The van der Waals surface area contributed by atoms with Gasteiger partial charge in [0.1, 0.15) is 0 Å². The summed E-state index contributed by atoms with van der Waals surface area (Å²) >= 11 is 0. The number of nitrogens with one attached hydrogen (secondary N) is 2. The number of hydrogen-bond acceptors (Lipinski definition) is 2. The molecular formula is C18H14N2O2. The summed E-state index contributed by atoms with van der Waals surface area (Å²) in [6.45, 7) is 0. The number of aromatic amines is 1. The number of carbonyl (C=O) groups excluding carboxylic acids is 2. The fourth-order valence-corrected chi connectivity index (χ4v) is 3.11. The van der Waals surface area contributed by atoms with E-state index in [2.05, 4.69) is 16.4 Å². The number of rotatable bonds is 3. The number of benzene rings is 2. The van der Waals surface area contributed by atoms with Crippen LogP contribution in [0.2, 0.25) is 0 Å². The normalized spacial score (nSPS) is 13.5. The maximum atomic E-state index is 11.9. The van der Waals surface area contributed by atoms with Crippen LogP contribution in [0.4, 0.5) is 0 Å². The van der Waals surface area contributed by atoms with Crippen molar-refractivity contribution in [1.82, 2.24) is 10.3 Å². The van der Waals surface area contributed by atoms with Crippen molar-refractivity contribution in [3.05, 3.63) is 70.9 Å². The third kappa shape index (κ3) is 1.92. The van der Waals surface area contributed by atoms with Crippen molar-refractivity contribution in [3.63, 3.8) is 0 Å². The average Bonchev–Trinajstić information content (AvgIpc) is 3.07. The van der Waals surface area contributed by atoms with Crippen LogP contribution >= 0.6 is 0 Å². The number of hydrogen-bond donors (Lipinski definition) is 2. The highest BCUT2D eigenvalue weighted by atomic mass is 16.2. The highest BCUT2D eigenvalue weighted by molar-refractivity contribution is 6.22. The average molecular weight is 290 g/mol. The number of aromatic nitrogens is 1. The lowest BCUT2D eigenvalue weighted by molar-refractivity contribution is 0.0879. The Hall–Kier alpha value is -2.88. The Morgan fingerprint density at radius 1 is 0.818 bits per heavy atom. The largest absolute Gasteiger partial charge is 0.361 e. The van der Waals surface area contributed by atoms with Gasteiger partial charge in [0.2, 0.25) is 0 Å². The molecule has 1 aliphatic rings. The molecule has 4 nitrogen and oxygen atoms in total. The predicted molar refractivity (Wildman–Crippen MR) is 83.9 cm³/mol. The first kappa shape index (κ1) is 12.8. The quantitative estimate of drug-likeness (QED) is 0.729. The summed E-state index contributed by atoms with van der Waals surface area (Å²) in [4.78, 5) is 26.9. The molecule has 3 aromatic rings. The van der Waals surface area contributed by atoms with Gasteiger partial charge in [0.25, 0.3) is 11.8 Å². The zero-order chi connectivity index (χ0) is 15.1. The van der Waals surface area contributed by atoms with Gasteiger partial charge in [0.15, 0.2) is 0 Å². The Morgan fingerprint density at radius 3 is 2.55 bits per heavy atom. The maximum absolute atomic E-state index is 11.9. The number of para-hydroxylation sites is 1. The molecule has 2 aromatic carbocycles. The summed E-state index contributed by atoms with van der Waals surface area (Å²) in [7, 11) is 0. The van der Waals surface area contributed by atoms with E-state index in [0.717, 1.165) is 23.9 Å². The molecule has 4 heteroatoms. The SMILES string of the molecule is O=C1NC(=O)c2c(CCc3c[nH]c4ccccc34)cccc21. The van der Waals surface area contributed by atoms with Gasteiger partial charge in [-0.3, -0.25) is 14.9 Å². The van der Waals surface area contributed by atoms with Crippen LogP contribution in [-0.4, -0.2) is 16.8 Å². The summed E-state index contributed by atoms with van der Waals surface area (Å²) < 4.78 is 0. The molecule has 108 valence electrons. The van der Waals surface area contributed by atoms with Crippen LogP contribution in [0.15, 0.2) is 48.7 Å². The van der Waals surface area contributed by atoms with E-state index in [4.69, 9.17) is 0 Å². The van der Waals surface area contributed by atoms with Gasteiger partial charge in [-0.1, -0.05) is 30.3 Å². The number of fused-ring (bicyclic) bond motifs is 2. The third-order valence-electron chi connectivity index (χ3n) is 4.19. The summed E-state index contributed by atoms with van der Waals surface area (Å²) in [5, 5.41) is 3.57. The number of H-pyrrole nitrogens is 1. The van der Waals surface area contributed by atoms with Gasteiger partial charge in [-0.05, 0) is 36.1 Å². The predicted octanol–water partition coefficient (Wildman–Crippen LogP) is 2.84. The molecule has 0 saturated heterocycles. The molecule has 22 heavy (non-hydrogen) atoms. The fraction of sp³-hybridized carbons (Fsp3) is 0.111. The lowest BCUT2D eigenvalue weighted by atomic mass is 9.97. The second kappa shape index (κ2) is 4.84. The van der Waals surface area contributed by atoms with Crippen molar-refractivity contribution in [1.29, 1.82) is 0 Å². The molecular weight excluding hydrogens is 276 g/mol. The van der Waals surface area contributed by atoms with Crippen molar-refractivity contribution >= 4 is 22.7 Å². The van der Waals surface area contributed by atoms with E-state index in [-0.39, 0.29) is 11.8 Å². The number of aryl methyl sites for hydroxylation is 2. The lowest BCUT2D eigenvalue weighted by Crippen LogP contribution is -2.20. The topological polar surface area (TPSA) is 62.0 Å². The minimum atomic E-state index is -0.297. The number of imide groups is 1. The fourth-order valence-electron chi connectivity index (χ4n) is 3.11. The van der Waals surface area contributed by atoms with Crippen LogP contribution in [0.3, 0.4) is 0 Å². The van der Waals surface area contributed by atoms with Gasteiger partial charge in [-0.25, -0.2) is 0 Å². The zero-order valence-corrected chi connectivity index (χ0v) is 11.8. The molecule has 0 aliphatic carbocycles. The molecule has 2 heterocycles. The summed E-state index contributed by atoms with van der Waals surface area (Å²) in [5.41, 5.74) is 4.28. The molecule has 0 atom stereocenters. The molecule has 1 aromatic heterocycles. The molecule has 0 bridgehead atoms. The van der Waals surface area contributed by atoms with Crippen LogP contribution in [0, 0.1) is 0 Å². The van der Waals surface area contributed by atoms with E-state index in [1.54, 1.807) is 6.07 Å². The van der Waals surface area contributed by atoms with Crippen molar-refractivity contribution < 1.29 is 9.59 Å². The first-order valence-electron chi connectivity index (χ1n) is 7.26. The van der Waals surface area contributed by atoms with Crippen LogP contribution in [0.5, 0.6) is 0 Å². The Morgan fingerprint density at radius 2 is 1.64 bits per heavy atom. The first-order valence-corrected chi connectivity index (χ1v) is 7.26. The first-order chi connectivity index (χ1) is 10.7. The minimum Gasteiger partial charge on any atom is -0.361 e. The second-order valence-corrected chi connectivity index (χ2v) is 5.48. The standard InChI is InChI=1S/C18H14N2O2/c21-17-14-6-3-4-11(16(14)18(22)20-17)8-9-12-10-19-15-7-2-1-5-13(12)15/h1-7,10,19H,8-9H2,(H,20,21,22). The number of carbonyl (C=O) groups is 2. The van der Waals surface area contributed by atoms with Crippen molar-refractivity contribution in [3.8, 4) is 0 Å². The minimum absolute atomic E-state index is 0.283. The van der Waals surface area contributed by atoms with Gasteiger partial charge >= 0.3 is 0 Å². The lowest BCUT2D eigenvalue weighted by Gasteiger charge is -2.05. The van der Waals surface area contributed by atoms with Gasteiger partial charge < -0.3 is 4.98 Å². The van der Waals surface area contributed by atoms with E-state index >= 15 is 0 Å². The summed E-state index contributed by atoms with van der Waals surface area (Å²) in [6, 6.07) is 13.6. The third-order valence-corrected chi connectivity index (χ3v) is 4.19. The van der Waals surface area contributed by atoms with Gasteiger partial charge in [-0.15, -0.1) is 0 Å². The van der Waals surface area contributed by atoms with E-state index in [0.29, 0.717) is 11.1 Å². The highest BCUT2D eigenvalue weighted by Gasteiger charge is 2.28. The second-order valence-electron chi connectivity index (χ2n) is 5.48. The Balaban J connectivity index is 1.66. The highest BCUT2D eigenvalue weighted by Crippen LogP contribution is 2.23. The van der Waals surface area contributed by atoms with Gasteiger partial charge in [0, 0.05) is 17.1 Å². The summed E-state index contributed by atoms with van der Waals surface area (Å²) in [6.07, 6.45) is 3.56. The van der Waals surface area contributed by atoms with Gasteiger partial charge in [-0.2, -0.15) is 0 Å². The summed E-state index contributed by atoms with van der Waals surface area (Å²) in [5.74, 6) is -0.580. The molecule has 0 spiro atoms. The van der Waals surface area contributed by atoms with Crippen molar-refractivity contribution in [2.24, 2.45) is 0 Å². The van der Waals surface area contributed by atoms with E-state index in [1.165, 1.54) is 10.9 Å². The smallest absolute Gasteiger partial charge is 0.259 e. The molecule has 2 N–H and O–H groups in total. The van der Waals surface area contributed by atoms with Crippen LogP contribution < -0.4 is 5.32 Å². The van der Waals surface area contributed by atoms with Crippen molar-refractivity contribution in [2.75, 3.05) is 0 Å². The van der Waals surface area contributed by atoms with Gasteiger partial charge in [0.05, 0.1) is 11.1 Å². The van der Waals surface area contributed by atoms with E-state index in [9.17, 15) is 9.59 Å². The maximum Gasteiger partial charge on any atom is 0.259 e. The molecule has 0 fully saturated rings. The van der Waals surface area contributed by atoms with E-state index in [1.807, 2.05) is 36.5 Å². The van der Waals surface area contributed by atoms with E-state index < -0.39 is 0 Å². The van der Waals surface area contributed by atoms with Crippen LogP contribution in [0.1, 0.15) is 31.8 Å². The monoisotopic (exact) mass is 290 g/mol. The molecule has 0 radical (unpaired) electrons. The Bertz CT molecular complexity index is 908. The zero-order valence-electron chi connectivity index (χ0n) is 11.8. The van der Waals surface area contributed by atoms with Crippen LogP contribution in [-0.2, 0) is 12.8 Å². The molecule has 0 unspecified atom stereocenters.